The van der Waals surface area contributed by atoms with Crippen molar-refractivity contribution >= 4 is 0 Å². The van der Waals surface area contributed by atoms with Crippen LogP contribution in [-0.2, 0) is 6.42 Å². The molecule has 0 amide bonds. The van der Waals surface area contributed by atoms with E-state index in [0.717, 1.165) is 41.5 Å². The van der Waals surface area contributed by atoms with E-state index in [-0.39, 0.29) is 0 Å². The smallest absolute Gasteiger partial charge is 0.159 e. The van der Waals surface area contributed by atoms with Gasteiger partial charge in [-0.1, -0.05) is 134 Å². The average Bonchev–Trinajstić information content (AvgIpc) is 3.03. The van der Waals surface area contributed by atoms with Crippen molar-refractivity contribution in [3.8, 4) is 11.4 Å². The molecule has 0 aliphatic heterocycles. The molecule has 2 aliphatic rings. The van der Waals surface area contributed by atoms with Gasteiger partial charge in [0.1, 0.15) is 0 Å². The minimum Gasteiger partial charge on any atom is -0.236 e. The van der Waals surface area contributed by atoms with Gasteiger partial charge in [0.2, 0.25) is 0 Å². The molecule has 1 heterocycles. The van der Waals surface area contributed by atoms with E-state index in [1.165, 1.54) is 152 Å². The van der Waals surface area contributed by atoms with Gasteiger partial charge in [0.25, 0.3) is 0 Å². The van der Waals surface area contributed by atoms with E-state index < -0.39 is 0 Å². The number of hydrogen-bond acceptors (Lipinski definition) is 2. The first-order chi connectivity index (χ1) is 20.3. The second-order valence-corrected chi connectivity index (χ2v) is 13.9. The minimum atomic E-state index is 0.745. The predicted molar refractivity (Wildman–Crippen MR) is 177 cm³/mol. The van der Waals surface area contributed by atoms with Gasteiger partial charge < -0.3 is 0 Å². The molecule has 0 atom stereocenters. The highest BCUT2D eigenvalue weighted by Gasteiger charge is 2.31. The third-order valence-corrected chi connectivity index (χ3v) is 10.7. The summed E-state index contributed by atoms with van der Waals surface area (Å²) in [5.41, 5.74) is 3.97. The highest BCUT2D eigenvalue weighted by molar-refractivity contribution is 5.55. The molecular weight excluding hydrogens is 496 g/mol. The van der Waals surface area contributed by atoms with Crippen LogP contribution in [0.2, 0.25) is 0 Å². The Morgan fingerprint density at radius 1 is 0.561 bits per heavy atom. The van der Waals surface area contributed by atoms with Crippen LogP contribution in [0.15, 0.2) is 36.7 Å². The number of aryl methyl sites for hydroxylation is 1. The van der Waals surface area contributed by atoms with E-state index in [9.17, 15) is 0 Å². The molecule has 1 aromatic carbocycles. The topological polar surface area (TPSA) is 25.8 Å². The number of hydrogen-bond donors (Lipinski definition) is 0. The zero-order valence-corrected chi connectivity index (χ0v) is 26.9. The van der Waals surface area contributed by atoms with Crippen molar-refractivity contribution in [1.29, 1.82) is 0 Å². The lowest BCUT2D eigenvalue weighted by molar-refractivity contribution is 0.155. The lowest BCUT2D eigenvalue weighted by Crippen LogP contribution is -2.25. The molecule has 0 bridgehead atoms. The molecule has 41 heavy (non-hydrogen) atoms. The summed E-state index contributed by atoms with van der Waals surface area (Å²) < 4.78 is 0. The Kier molecular flexibility index (Phi) is 14.7. The third kappa shape index (κ3) is 11.1. The average molecular weight is 559 g/mol. The third-order valence-electron chi connectivity index (χ3n) is 10.7. The van der Waals surface area contributed by atoms with Crippen LogP contribution in [0, 0.1) is 17.8 Å². The van der Waals surface area contributed by atoms with Gasteiger partial charge in [-0.25, -0.2) is 9.97 Å². The maximum absolute atomic E-state index is 4.73. The highest BCUT2D eigenvalue weighted by Crippen LogP contribution is 2.44. The van der Waals surface area contributed by atoms with Gasteiger partial charge in [0.05, 0.1) is 0 Å². The molecule has 1 aromatic heterocycles. The number of unbranched alkanes of at least 4 members (excludes halogenated alkanes) is 11. The Hall–Kier alpha value is -1.70. The Morgan fingerprint density at radius 2 is 1.07 bits per heavy atom. The highest BCUT2D eigenvalue weighted by atomic mass is 14.9. The largest absolute Gasteiger partial charge is 0.236 e. The molecule has 0 unspecified atom stereocenters. The van der Waals surface area contributed by atoms with Crippen molar-refractivity contribution in [2.75, 3.05) is 0 Å². The van der Waals surface area contributed by atoms with Crippen molar-refractivity contribution in [3.05, 3.63) is 47.8 Å². The molecule has 0 spiro atoms. The zero-order chi connectivity index (χ0) is 28.5. The number of rotatable bonds is 18. The van der Waals surface area contributed by atoms with E-state index in [0.29, 0.717) is 0 Å². The first-order valence-corrected chi connectivity index (χ1v) is 18.2. The second kappa shape index (κ2) is 18.8. The van der Waals surface area contributed by atoms with Crippen LogP contribution in [0.3, 0.4) is 0 Å². The zero-order valence-electron chi connectivity index (χ0n) is 26.9. The van der Waals surface area contributed by atoms with Gasteiger partial charge in [0, 0.05) is 18.0 Å². The van der Waals surface area contributed by atoms with Crippen molar-refractivity contribution < 1.29 is 0 Å². The fraction of sp³-hybridized carbons (Fsp3) is 0.744. The standard InChI is InChI=1S/C39H62N2/c1-3-5-7-8-9-10-11-12-13-15-17-33-30-40-39(41-31-33)38-28-26-37(27-29-38)36-24-22-35(23-25-36)34-20-18-32(19-21-34)16-14-6-4-2/h26-32,34-36H,3-25H2,1-2H3/t32-,34-,35-,36-. The summed E-state index contributed by atoms with van der Waals surface area (Å²) in [6.07, 6.45) is 36.5. The SMILES string of the molecule is CCCCCCCCCCCCc1cnc(-c2ccc([C@H]3CC[C@H]([C@H]4CC[C@H](CCCCC)CC4)CC3)cc2)nc1. The molecule has 0 saturated heterocycles. The summed E-state index contributed by atoms with van der Waals surface area (Å²) in [6.45, 7) is 4.62. The van der Waals surface area contributed by atoms with Crippen LogP contribution in [0.5, 0.6) is 0 Å². The van der Waals surface area contributed by atoms with Crippen LogP contribution in [0.4, 0.5) is 0 Å². The summed E-state index contributed by atoms with van der Waals surface area (Å²) >= 11 is 0. The van der Waals surface area contributed by atoms with E-state index in [4.69, 9.17) is 9.97 Å². The first-order valence-electron chi connectivity index (χ1n) is 18.2. The molecule has 2 nitrogen and oxygen atoms in total. The van der Waals surface area contributed by atoms with Crippen molar-refractivity contribution in [3.63, 3.8) is 0 Å². The van der Waals surface area contributed by atoms with Crippen LogP contribution < -0.4 is 0 Å². The molecule has 0 N–H and O–H groups in total. The Labute approximate surface area is 253 Å². The summed E-state index contributed by atoms with van der Waals surface area (Å²) in [6, 6.07) is 9.25. The van der Waals surface area contributed by atoms with E-state index in [1.54, 1.807) is 0 Å². The lowest BCUT2D eigenvalue weighted by Gasteiger charge is -2.38. The predicted octanol–water partition coefficient (Wildman–Crippen LogP) is 12.3. The van der Waals surface area contributed by atoms with Gasteiger partial charge in [-0.05, 0) is 86.2 Å². The van der Waals surface area contributed by atoms with Gasteiger partial charge in [0.15, 0.2) is 5.82 Å². The molecule has 228 valence electrons. The van der Waals surface area contributed by atoms with E-state index in [1.807, 2.05) is 0 Å². The molecular formula is C39H62N2. The maximum Gasteiger partial charge on any atom is 0.159 e. The summed E-state index contributed by atoms with van der Waals surface area (Å²) in [4.78, 5) is 9.46. The van der Waals surface area contributed by atoms with Crippen molar-refractivity contribution in [2.24, 2.45) is 17.8 Å². The summed E-state index contributed by atoms with van der Waals surface area (Å²) in [5, 5.41) is 0. The molecule has 2 aromatic rings. The molecule has 2 aliphatic carbocycles. The molecule has 2 saturated carbocycles. The summed E-state index contributed by atoms with van der Waals surface area (Å²) in [5.74, 6) is 4.67. The summed E-state index contributed by atoms with van der Waals surface area (Å²) in [7, 11) is 0. The van der Waals surface area contributed by atoms with Gasteiger partial charge in [-0.3, -0.25) is 0 Å². The first kappa shape index (κ1) is 32.2. The van der Waals surface area contributed by atoms with Crippen molar-refractivity contribution in [2.45, 2.75) is 167 Å². The van der Waals surface area contributed by atoms with Gasteiger partial charge >= 0.3 is 0 Å². The van der Waals surface area contributed by atoms with E-state index >= 15 is 0 Å². The number of benzene rings is 1. The van der Waals surface area contributed by atoms with Crippen LogP contribution >= 0.6 is 0 Å². The Morgan fingerprint density at radius 3 is 1.66 bits per heavy atom. The minimum absolute atomic E-state index is 0.745. The lowest BCUT2D eigenvalue weighted by atomic mass is 9.68. The quantitative estimate of drug-likeness (QED) is 0.170. The van der Waals surface area contributed by atoms with Crippen LogP contribution in [-0.4, -0.2) is 9.97 Å². The van der Waals surface area contributed by atoms with Crippen molar-refractivity contribution in [1.82, 2.24) is 9.97 Å². The normalized spacial score (nSPS) is 23.1. The molecule has 0 radical (unpaired) electrons. The maximum atomic E-state index is 4.73. The molecule has 2 heteroatoms. The van der Waals surface area contributed by atoms with Crippen LogP contribution in [0.25, 0.3) is 11.4 Å². The number of nitrogens with zero attached hydrogens (tertiary/aromatic N) is 2. The Bertz CT molecular complexity index is 917. The second-order valence-electron chi connectivity index (χ2n) is 13.9. The number of aromatic nitrogens is 2. The van der Waals surface area contributed by atoms with E-state index in [2.05, 4.69) is 50.5 Å². The Balaban J connectivity index is 1.11. The monoisotopic (exact) mass is 558 g/mol. The fourth-order valence-electron chi connectivity index (χ4n) is 7.91. The van der Waals surface area contributed by atoms with Gasteiger partial charge in [-0.2, -0.15) is 0 Å². The molecule has 4 rings (SSSR count). The van der Waals surface area contributed by atoms with Crippen LogP contribution in [0.1, 0.15) is 172 Å². The molecule has 2 fully saturated rings. The van der Waals surface area contributed by atoms with Gasteiger partial charge in [-0.15, -0.1) is 0 Å². The fourth-order valence-corrected chi connectivity index (χ4v) is 7.91.